The molecule has 600 valence electrons. The molecule has 0 spiro atoms. The molecule has 19 heteroatoms. The fourth-order valence-electron chi connectivity index (χ4n) is 11.0. The van der Waals surface area contributed by atoms with Gasteiger partial charge in [-0.2, -0.15) is 0 Å². The molecule has 0 aliphatic heterocycles. The summed E-state index contributed by atoms with van der Waals surface area (Å²) in [5, 5.41) is 10.7. The van der Waals surface area contributed by atoms with E-state index in [9.17, 15) is 43.2 Å². The first kappa shape index (κ1) is 99.7. The van der Waals surface area contributed by atoms with E-state index in [0.717, 1.165) is 199 Å². The molecule has 0 saturated carbocycles. The van der Waals surface area contributed by atoms with Crippen molar-refractivity contribution in [2.45, 2.75) is 367 Å². The zero-order chi connectivity index (χ0) is 76.0. The van der Waals surface area contributed by atoms with Crippen LogP contribution in [0, 0.1) is 0 Å². The van der Waals surface area contributed by atoms with E-state index >= 15 is 0 Å². The summed E-state index contributed by atoms with van der Waals surface area (Å²) in [6.45, 7) is 4.63. The minimum atomic E-state index is -4.99. The molecule has 0 aromatic heterocycles. The van der Waals surface area contributed by atoms with Crippen LogP contribution in [0.3, 0.4) is 0 Å². The first-order valence-corrected chi connectivity index (χ1v) is 44.1. The second-order valence-electron chi connectivity index (χ2n) is 27.3. The molecule has 0 aromatic rings. The number of aliphatic hydroxyl groups is 1. The third kappa shape index (κ3) is 75.9. The molecule has 0 radical (unpaired) electrons. The Labute approximate surface area is 632 Å². The molecule has 0 fully saturated rings. The number of unbranched alkanes of at least 4 members (excludes halogenated alkanes) is 33. The maximum atomic E-state index is 13.1. The number of carbonyl (C=O) groups is 4. The predicted molar refractivity (Wildman–Crippen MR) is 427 cm³/mol. The Balaban J connectivity index is 5.36. The number of hydrogen-bond acceptors (Lipinski definition) is 15. The number of rotatable bonds is 77. The first-order chi connectivity index (χ1) is 50.7. The minimum Gasteiger partial charge on any atom is -0.462 e. The molecule has 104 heavy (non-hydrogen) atoms. The second-order valence-corrected chi connectivity index (χ2v) is 30.2. The highest BCUT2D eigenvalue weighted by Gasteiger charge is 2.30. The van der Waals surface area contributed by atoms with E-state index in [1.807, 2.05) is 0 Å². The van der Waals surface area contributed by atoms with Gasteiger partial charge in [-0.15, -0.1) is 0 Å². The van der Waals surface area contributed by atoms with Gasteiger partial charge in [0.15, 0.2) is 12.2 Å². The van der Waals surface area contributed by atoms with Crippen LogP contribution in [0.4, 0.5) is 0 Å². The Morgan fingerprint density at radius 3 is 0.788 bits per heavy atom. The highest BCUT2D eigenvalue weighted by Crippen LogP contribution is 2.45. The van der Waals surface area contributed by atoms with Crippen LogP contribution >= 0.6 is 15.6 Å². The lowest BCUT2D eigenvalue weighted by atomic mass is 10.0. The topological polar surface area (TPSA) is 237 Å². The smallest absolute Gasteiger partial charge is 0.462 e. The van der Waals surface area contributed by atoms with Crippen molar-refractivity contribution >= 4 is 39.5 Å². The van der Waals surface area contributed by atoms with Crippen molar-refractivity contribution in [3.8, 4) is 0 Å². The fraction of sp³-hybridized carbons (Fsp3) is 0.741. The average molecular weight is 1500 g/mol. The van der Waals surface area contributed by atoms with Gasteiger partial charge in [0, 0.05) is 25.7 Å². The summed E-state index contributed by atoms with van der Waals surface area (Å²) in [6, 6.07) is 0. The zero-order valence-corrected chi connectivity index (χ0v) is 67.5. The summed E-state index contributed by atoms with van der Waals surface area (Å²) in [7, 11) is -9.96. The van der Waals surface area contributed by atoms with Crippen LogP contribution in [-0.2, 0) is 65.4 Å². The van der Waals surface area contributed by atoms with Crippen LogP contribution in [0.1, 0.15) is 349 Å². The van der Waals surface area contributed by atoms with E-state index in [2.05, 4.69) is 137 Å². The van der Waals surface area contributed by atoms with Gasteiger partial charge in [0.25, 0.3) is 0 Å². The quantitative estimate of drug-likeness (QED) is 0.0169. The standard InChI is InChI=1S/C85H148O17P2/c1-5-9-13-17-21-25-29-33-36-38-39-41-44-47-50-54-58-62-66-70-83(88)96-76-81(102-85(90)72-68-64-60-56-52-48-42-35-31-27-23-19-15-11-7-3)78-100-104(93,94)98-74-79(86)73-97-103(91,92)99-77-80(101-84(89)71-67-63-59-55-51-45-32-28-24-20-16-12-8-4)75-95-82(87)69-65-61-57-53-49-46-43-40-37-34-30-26-22-18-14-10-6-2/h9-10,13-14,21-23,25-27,33-37,39,41-42,79-81,86H,5-8,11-12,15-20,24,28-32,38,40,43-78H2,1-4H3,(H,91,92)(H,93,94)/b13-9-,14-10-,25-21-,26-22-,27-23-,36-33-,37-34-,41-39-,42-35-. The van der Waals surface area contributed by atoms with Crippen molar-refractivity contribution in [1.29, 1.82) is 0 Å². The van der Waals surface area contributed by atoms with Gasteiger partial charge >= 0.3 is 39.5 Å². The minimum absolute atomic E-state index is 0.0752. The van der Waals surface area contributed by atoms with E-state index in [-0.39, 0.29) is 25.7 Å². The van der Waals surface area contributed by atoms with Crippen molar-refractivity contribution in [1.82, 2.24) is 0 Å². The van der Waals surface area contributed by atoms with E-state index in [1.165, 1.54) is 70.6 Å². The molecular formula is C85H148O17P2. The van der Waals surface area contributed by atoms with Gasteiger partial charge in [-0.25, -0.2) is 9.13 Å². The van der Waals surface area contributed by atoms with Crippen LogP contribution in [0.5, 0.6) is 0 Å². The Kier molecular flexibility index (Phi) is 73.7. The Bertz CT molecular complexity index is 2390. The van der Waals surface area contributed by atoms with Crippen LogP contribution in [-0.4, -0.2) is 96.7 Å². The lowest BCUT2D eigenvalue weighted by Gasteiger charge is -2.21. The molecule has 0 aliphatic carbocycles. The van der Waals surface area contributed by atoms with E-state index in [0.29, 0.717) is 25.7 Å². The largest absolute Gasteiger partial charge is 0.472 e. The number of aliphatic hydroxyl groups excluding tert-OH is 1. The molecule has 3 N–H and O–H groups in total. The summed E-state index contributed by atoms with van der Waals surface area (Å²) in [5.41, 5.74) is 0. The highest BCUT2D eigenvalue weighted by atomic mass is 31.2. The average Bonchev–Trinajstić information content (AvgIpc) is 0.911. The third-order valence-electron chi connectivity index (χ3n) is 17.2. The Hall–Kier alpha value is -4.28. The maximum Gasteiger partial charge on any atom is 0.472 e. The predicted octanol–water partition coefficient (Wildman–Crippen LogP) is 24.1. The molecule has 0 saturated heterocycles. The van der Waals surface area contributed by atoms with E-state index in [1.54, 1.807) is 0 Å². The van der Waals surface area contributed by atoms with Gasteiger partial charge in [-0.1, -0.05) is 304 Å². The van der Waals surface area contributed by atoms with E-state index < -0.39 is 97.5 Å². The van der Waals surface area contributed by atoms with Crippen LogP contribution in [0.2, 0.25) is 0 Å². The van der Waals surface area contributed by atoms with E-state index in [4.69, 9.17) is 37.0 Å². The number of phosphoric acid groups is 2. The molecule has 0 amide bonds. The summed E-state index contributed by atoms with van der Waals surface area (Å²) in [5.74, 6) is -2.20. The number of carbonyl (C=O) groups excluding carboxylic acids is 4. The molecule has 0 aliphatic rings. The Morgan fingerprint density at radius 1 is 0.279 bits per heavy atom. The van der Waals surface area contributed by atoms with Crippen molar-refractivity contribution in [2.75, 3.05) is 39.6 Å². The van der Waals surface area contributed by atoms with Gasteiger partial charge in [-0.05, 0) is 128 Å². The molecule has 5 atom stereocenters. The molecule has 0 rings (SSSR count). The van der Waals surface area contributed by atoms with Gasteiger partial charge in [0.2, 0.25) is 0 Å². The summed E-state index contributed by atoms with van der Waals surface area (Å²) >= 11 is 0. The lowest BCUT2D eigenvalue weighted by molar-refractivity contribution is -0.161. The number of hydrogen-bond donors (Lipinski definition) is 3. The molecule has 0 bridgehead atoms. The SMILES string of the molecule is CC/C=C\C/C=C\C/C=C\C/C=C\CCCCCCCCC(=O)OCC(COP(=O)(O)OCC(O)COP(=O)(O)OCC(COC(=O)CCCCCCCCC/C=C\C/C=C\C/C=C\CC)OC(=O)CCCCCCCCCCCCCCC)OC(=O)CCCCCCC/C=C\C/C=C\CCCCC. The van der Waals surface area contributed by atoms with Crippen molar-refractivity contribution < 1.29 is 80.2 Å². The number of ether oxygens (including phenoxy) is 4. The molecular weight excluding hydrogens is 1350 g/mol. The van der Waals surface area contributed by atoms with Crippen LogP contribution in [0.15, 0.2) is 109 Å². The molecule has 17 nitrogen and oxygen atoms in total. The number of phosphoric ester groups is 2. The molecule has 0 aromatic carbocycles. The summed E-state index contributed by atoms with van der Waals surface area (Å²) < 4.78 is 68.7. The van der Waals surface area contributed by atoms with Crippen molar-refractivity contribution in [2.24, 2.45) is 0 Å². The number of allylic oxidation sites excluding steroid dienone is 18. The fourth-order valence-corrected chi connectivity index (χ4v) is 12.6. The zero-order valence-electron chi connectivity index (χ0n) is 65.7. The third-order valence-corrected chi connectivity index (χ3v) is 19.1. The number of esters is 4. The summed E-state index contributed by atoms with van der Waals surface area (Å²) in [4.78, 5) is 73.1. The first-order valence-electron chi connectivity index (χ1n) is 41.1. The highest BCUT2D eigenvalue weighted by molar-refractivity contribution is 7.47. The van der Waals surface area contributed by atoms with Gasteiger partial charge in [0.05, 0.1) is 26.4 Å². The van der Waals surface area contributed by atoms with Gasteiger partial charge < -0.3 is 33.8 Å². The molecule has 5 unspecified atom stereocenters. The van der Waals surface area contributed by atoms with Gasteiger partial charge in [0.1, 0.15) is 19.3 Å². The van der Waals surface area contributed by atoms with Gasteiger partial charge in [-0.3, -0.25) is 37.3 Å². The van der Waals surface area contributed by atoms with Crippen LogP contribution in [0.25, 0.3) is 0 Å². The van der Waals surface area contributed by atoms with Crippen LogP contribution < -0.4 is 0 Å². The van der Waals surface area contributed by atoms with Crippen molar-refractivity contribution in [3.05, 3.63) is 109 Å². The van der Waals surface area contributed by atoms with Crippen molar-refractivity contribution in [3.63, 3.8) is 0 Å². The maximum absolute atomic E-state index is 13.1. The lowest BCUT2D eigenvalue weighted by Crippen LogP contribution is -2.30. The summed E-state index contributed by atoms with van der Waals surface area (Å²) in [6.07, 6.45) is 83.4. The Morgan fingerprint density at radius 2 is 0.500 bits per heavy atom. The second kappa shape index (κ2) is 76.9. The molecule has 0 heterocycles. The monoisotopic (exact) mass is 1500 g/mol. The normalized spacial score (nSPS) is 14.4.